The van der Waals surface area contributed by atoms with Gasteiger partial charge in [-0.15, -0.1) is 0 Å². The Kier molecular flexibility index (Phi) is 3.61. The molecule has 2 N–H and O–H groups in total. The molecule has 1 aliphatic heterocycles. The van der Waals surface area contributed by atoms with E-state index < -0.39 is 0 Å². The number of carbonyl (C=O) groups excluding carboxylic acids is 1. The van der Waals surface area contributed by atoms with Crippen LogP contribution in [0.25, 0.3) is 0 Å². The van der Waals surface area contributed by atoms with Crippen LogP contribution in [0.15, 0.2) is 18.2 Å². The molecule has 1 aromatic rings. The van der Waals surface area contributed by atoms with E-state index in [1.54, 1.807) is 18.2 Å². The first kappa shape index (κ1) is 11.9. The molecule has 4 heteroatoms. The van der Waals surface area contributed by atoms with E-state index in [1.807, 2.05) is 4.90 Å². The summed E-state index contributed by atoms with van der Waals surface area (Å²) in [5, 5.41) is 0. The molecule has 1 aromatic heterocycles. The van der Waals surface area contributed by atoms with Crippen LogP contribution in [0.3, 0.4) is 0 Å². The van der Waals surface area contributed by atoms with Crippen LogP contribution >= 0.6 is 0 Å². The predicted octanol–water partition coefficient (Wildman–Crippen LogP) is 1.93. The fourth-order valence-corrected chi connectivity index (χ4v) is 2.32. The van der Waals surface area contributed by atoms with Crippen LogP contribution in [-0.4, -0.2) is 28.9 Å². The van der Waals surface area contributed by atoms with Gasteiger partial charge in [-0.25, -0.2) is 4.98 Å². The van der Waals surface area contributed by atoms with Gasteiger partial charge in [0, 0.05) is 13.1 Å². The zero-order valence-electron chi connectivity index (χ0n) is 10.2. The van der Waals surface area contributed by atoms with Crippen LogP contribution in [0.2, 0.25) is 0 Å². The van der Waals surface area contributed by atoms with Crippen LogP contribution in [0.1, 0.15) is 36.7 Å². The number of likely N-dealkylation sites (tertiary alicyclic amines) is 1. The molecule has 2 rings (SSSR count). The van der Waals surface area contributed by atoms with Gasteiger partial charge in [0.25, 0.3) is 5.91 Å². The van der Waals surface area contributed by atoms with Gasteiger partial charge in [-0.05, 0) is 30.9 Å². The standard InChI is InChI=1S/C13H19N3O/c1-2-10-5-4-8-16(9-10)13(17)11-6-3-7-12(14)15-11/h3,6-7,10H,2,4-5,8-9H2,1H3,(H2,14,15). The number of pyridine rings is 1. The summed E-state index contributed by atoms with van der Waals surface area (Å²) in [6.07, 6.45) is 3.45. The summed E-state index contributed by atoms with van der Waals surface area (Å²) in [4.78, 5) is 18.2. The van der Waals surface area contributed by atoms with Crippen LogP contribution in [0.4, 0.5) is 5.82 Å². The first-order valence-corrected chi connectivity index (χ1v) is 6.22. The van der Waals surface area contributed by atoms with E-state index in [-0.39, 0.29) is 5.91 Å². The molecule has 2 heterocycles. The van der Waals surface area contributed by atoms with Gasteiger partial charge in [0.15, 0.2) is 0 Å². The summed E-state index contributed by atoms with van der Waals surface area (Å²) in [5.41, 5.74) is 6.06. The first-order chi connectivity index (χ1) is 8.20. The number of hydrogen-bond donors (Lipinski definition) is 1. The van der Waals surface area contributed by atoms with Crippen molar-refractivity contribution in [2.75, 3.05) is 18.8 Å². The summed E-state index contributed by atoms with van der Waals surface area (Å²) in [6, 6.07) is 5.20. The van der Waals surface area contributed by atoms with Gasteiger partial charge in [-0.2, -0.15) is 0 Å². The minimum absolute atomic E-state index is 0.00968. The second kappa shape index (κ2) is 5.17. The number of piperidine rings is 1. The number of nitrogens with two attached hydrogens (primary N) is 1. The topological polar surface area (TPSA) is 59.2 Å². The lowest BCUT2D eigenvalue weighted by Gasteiger charge is -2.32. The predicted molar refractivity (Wildman–Crippen MR) is 67.6 cm³/mol. The maximum Gasteiger partial charge on any atom is 0.272 e. The SMILES string of the molecule is CCC1CCCN(C(=O)c2cccc(N)n2)C1. The van der Waals surface area contributed by atoms with E-state index in [9.17, 15) is 4.79 Å². The molecule has 1 amide bonds. The van der Waals surface area contributed by atoms with E-state index in [2.05, 4.69) is 11.9 Å². The first-order valence-electron chi connectivity index (χ1n) is 6.22. The highest BCUT2D eigenvalue weighted by atomic mass is 16.2. The number of rotatable bonds is 2. The Morgan fingerprint density at radius 1 is 1.59 bits per heavy atom. The summed E-state index contributed by atoms with van der Waals surface area (Å²) in [7, 11) is 0. The number of nitrogen functional groups attached to an aromatic ring is 1. The molecular weight excluding hydrogens is 214 g/mol. The van der Waals surface area contributed by atoms with Crippen molar-refractivity contribution in [2.45, 2.75) is 26.2 Å². The fraction of sp³-hybridized carbons (Fsp3) is 0.538. The third kappa shape index (κ3) is 2.75. The van der Waals surface area contributed by atoms with Crippen molar-refractivity contribution in [3.63, 3.8) is 0 Å². The van der Waals surface area contributed by atoms with Gasteiger partial charge >= 0.3 is 0 Å². The highest BCUT2D eigenvalue weighted by Gasteiger charge is 2.24. The molecule has 0 aliphatic carbocycles. The van der Waals surface area contributed by atoms with Gasteiger partial charge in [-0.1, -0.05) is 19.4 Å². The third-order valence-corrected chi connectivity index (χ3v) is 3.37. The molecule has 0 radical (unpaired) electrons. The maximum atomic E-state index is 12.2. The van der Waals surface area contributed by atoms with E-state index in [0.717, 1.165) is 25.9 Å². The molecular formula is C13H19N3O. The smallest absolute Gasteiger partial charge is 0.272 e. The maximum absolute atomic E-state index is 12.2. The Balaban J connectivity index is 2.09. The summed E-state index contributed by atoms with van der Waals surface area (Å²) in [5.74, 6) is 1.05. The lowest BCUT2D eigenvalue weighted by molar-refractivity contribution is 0.0665. The molecule has 1 saturated heterocycles. The lowest BCUT2D eigenvalue weighted by atomic mass is 9.95. The second-order valence-corrected chi connectivity index (χ2v) is 4.62. The number of hydrogen-bond acceptors (Lipinski definition) is 3. The Hall–Kier alpha value is -1.58. The quantitative estimate of drug-likeness (QED) is 0.849. The number of amides is 1. The minimum Gasteiger partial charge on any atom is -0.384 e. The van der Waals surface area contributed by atoms with Gasteiger partial charge in [0.05, 0.1) is 0 Å². The second-order valence-electron chi connectivity index (χ2n) is 4.62. The largest absolute Gasteiger partial charge is 0.384 e. The van der Waals surface area contributed by atoms with Crippen molar-refractivity contribution in [2.24, 2.45) is 5.92 Å². The average molecular weight is 233 g/mol. The summed E-state index contributed by atoms with van der Waals surface area (Å²) in [6.45, 7) is 3.87. The average Bonchev–Trinajstić information content (AvgIpc) is 2.38. The number of anilines is 1. The van der Waals surface area contributed by atoms with Gasteiger partial charge in [0.1, 0.15) is 11.5 Å². The fourth-order valence-electron chi connectivity index (χ4n) is 2.32. The van der Waals surface area contributed by atoms with Crippen molar-refractivity contribution in [3.05, 3.63) is 23.9 Å². The number of nitrogens with zero attached hydrogens (tertiary/aromatic N) is 2. The minimum atomic E-state index is 0.00968. The molecule has 1 aliphatic rings. The van der Waals surface area contributed by atoms with Crippen molar-refractivity contribution in [1.29, 1.82) is 0 Å². The van der Waals surface area contributed by atoms with Crippen LogP contribution in [-0.2, 0) is 0 Å². The van der Waals surface area contributed by atoms with Crippen LogP contribution < -0.4 is 5.73 Å². The van der Waals surface area contributed by atoms with Crippen molar-refractivity contribution < 1.29 is 4.79 Å². The Labute approximate surface area is 102 Å². The molecule has 0 saturated carbocycles. The molecule has 92 valence electrons. The normalized spacial score (nSPS) is 20.3. The number of carbonyl (C=O) groups is 1. The van der Waals surface area contributed by atoms with Gasteiger partial charge in [-0.3, -0.25) is 4.79 Å². The molecule has 17 heavy (non-hydrogen) atoms. The highest BCUT2D eigenvalue weighted by molar-refractivity contribution is 5.92. The van der Waals surface area contributed by atoms with Crippen molar-refractivity contribution in [3.8, 4) is 0 Å². The van der Waals surface area contributed by atoms with E-state index in [1.165, 1.54) is 6.42 Å². The molecule has 4 nitrogen and oxygen atoms in total. The monoisotopic (exact) mass is 233 g/mol. The Morgan fingerprint density at radius 3 is 3.12 bits per heavy atom. The molecule has 1 unspecified atom stereocenters. The highest BCUT2D eigenvalue weighted by Crippen LogP contribution is 2.20. The number of aromatic nitrogens is 1. The zero-order valence-corrected chi connectivity index (χ0v) is 10.2. The molecule has 1 atom stereocenters. The van der Waals surface area contributed by atoms with Gasteiger partial charge < -0.3 is 10.6 Å². The van der Waals surface area contributed by atoms with Crippen molar-refractivity contribution >= 4 is 11.7 Å². The molecule has 0 aromatic carbocycles. The van der Waals surface area contributed by atoms with E-state index >= 15 is 0 Å². The van der Waals surface area contributed by atoms with Gasteiger partial charge in [0.2, 0.25) is 0 Å². The van der Waals surface area contributed by atoms with E-state index in [0.29, 0.717) is 17.4 Å². The van der Waals surface area contributed by atoms with Crippen molar-refractivity contribution in [1.82, 2.24) is 9.88 Å². The summed E-state index contributed by atoms with van der Waals surface area (Å²) < 4.78 is 0. The third-order valence-electron chi connectivity index (χ3n) is 3.37. The van der Waals surface area contributed by atoms with Crippen LogP contribution in [0, 0.1) is 5.92 Å². The summed E-state index contributed by atoms with van der Waals surface area (Å²) >= 11 is 0. The Morgan fingerprint density at radius 2 is 2.41 bits per heavy atom. The molecule has 1 fully saturated rings. The van der Waals surface area contributed by atoms with Crippen LogP contribution in [0.5, 0.6) is 0 Å². The molecule has 0 bridgehead atoms. The lowest BCUT2D eigenvalue weighted by Crippen LogP contribution is -2.40. The Bertz CT molecular complexity index is 405. The molecule has 0 spiro atoms. The van der Waals surface area contributed by atoms with E-state index in [4.69, 9.17) is 5.73 Å². The zero-order chi connectivity index (χ0) is 12.3.